The first-order valence-electron chi connectivity index (χ1n) is 7.12. The first-order valence-corrected chi connectivity index (χ1v) is 7.94. The second-order valence-corrected chi connectivity index (χ2v) is 6.39. The number of nitrogens with zero attached hydrogens (tertiary/aromatic N) is 1. The minimum atomic E-state index is 0.259. The van der Waals surface area contributed by atoms with Crippen LogP contribution in [-0.2, 0) is 17.6 Å². The predicted molar refractivity (Wildman–Crippen MR) is 87.8 cm³/mol. The molecule has 3 heteroatoms. The third-order valence-corrected chi connectivity index (χ3v) is 4.54. The molecular formula is C18H17NOS. The van der Waals surface area contributed by atoms with Gasteiger partial charge in [-0.15, -0.1) is 11.3 Å². The summed E-state index contributed by atoms with van der Waals surface area (Å²) < 4.78 is 1.15. The van der Waals surface area contributed by atoms with Crippen LogP contribution in [0.4, 0.5) is 0 Å². The number of hydrogen-bond donors (Lipinski definition) is 0. The van der Waals surface area contributed by atoms with Crippen LogP contribution in [0, 0.1) is 6.92 Å². The molecule has 3 rings (SSSR count). The van der Waals surface area contributed by atoms with E-state index in [-0.39, 0.29) is 5.78 Å². The van der Waals surface area contributed by atoms with Crippen LogP contribution in [0.15, 0.2) is 48.5 Å². The average Bonchev–Trinajstić information content (AvgIpc) is 2.88. The van der Waals surface area contributed by atoms with E-state index < -0.39 is 0 Å². The van der Waals surface area contributed by atoms with Crippen LogP contribution in [0.1, 0.15) is 22.6 Å². The van der Waals surface area contributed by atoms with Crippen molar-refractivity contribution in [3.63, 3.8) is 0 Å². The monoisotopic (exact) mass is 295 g/mol. The van der Waals surface area contributed by atoms with Gasteiger partial charge in [-0.2, -0.15) is 0 Å². The molecule has 1 heterocycles. The number of fused-ring (bicyclic) bond motifs is 1. The standard InChI is InChI=1S/C18H17NOS/c1-13-6-8-14(9-7-13)10-11-15(20)12-18-19-16-4-2-3-5-17(16)21-18/h2-9H,10-12H2,1H3. The van der Waals surface area contributed by atoms with Crippen LogP contribution >= 0.6 is 11.3 Å². The molecule has 0 atom stereocenters. The minimum absolute atomic E-state index is 0.259. The number of ketones is 1. The van der Waals surface area contributed by atoms with Crippen molar-refractivity contribution in [2.45, 2.75) is 26.2 Å². The van der Waals surface area contributed by atoms with E-state index in [2.05, 4.69) is 36.2 Å². The summed E-state index contributed by atoms with van der Waals surface area (Å²) in [4.78, 5) is 16.6. The summed E-state index contributed by atoms with van der Waals surface area (Å²) in [5, 5.41) is 0.921. The SMILES string of the molecule is Cc1ccc(CCC(=O)Cc2nc3ccccc3s2)cc1. The highest BCUT2D eigenvalue weighted by atomic mass is 32.1. The zero-order valence-corrected chi connectivity index (χ0v) is 12.8. The van der Waals surface area contributed by atoms with Gasteiger partial charge in [0.2, 0.25) is 0 Å². The highest BCUT2D eigenvalue weighted by molar-refractivity contribution is 7.18. The van der Waals surface area contributed by atoms with Crippen molar-refractivity contribution < 1.29 is 4.79 Å². The normalized spacial score (nSPS) is 10.9. The summed E-state index contributed by atoms with van der Waals surface area (Å²) in [6, 6.07) is 16.4. The molecule has 0 saturated carbocycles. The van der Waals surface area contributed by atoms with Crippen LogP contribution in [0.3, 0.4) is 0 Å². The molecule has 0 spiro atoms. The molecule has 0 bridgehead atoms. The van der Waals surface area contributed by atoms with Gasteiger partial charge in [0.1, 0.15) is 10.8 Å². The van der Waals surface area contributed by atoms with Crippen LogP contribution in [0.25, 0.3) is 10.2 Å². The predicted octanol–water partition coefficient (Wildman–Crippen LogP) is 4.35. The summed E-state index contributed by atoms with van der Waals surface area (Å²) in [6.07, 6.45) is 1.84. The van der Waals surface area contributed by atoms with Gasteiger partial charge >= 0.3 is 0 Å². The van der Waals surface area contributed by atoms with Gasteiger partial charge < -0.3 is 0 Å². The summed E-state index contributed by atoms with van der Waals surface area (Å²) in [5.74, 6) is 0.259. The largest absolute Gasteiger partial charge is 0.299 e. The first-order chi connectivity index (χ1) is 10.2. The number of hydrogen-bond acceptors (Lipinski definition) is 3. The number of para-hydroxylation sites is 1. The van der Waals surface area contributed by atoms with E-state index in [0.717, 1.165) is 21.6 Å². The van der Waals surface area contributed by atoms with Gasteiger partial charge in [0, 0.05) is 6.42 Å². The Kier molecular flexibility index (Phi) is 4.11. The van der Waals surface area contributed by atoms with E-state index in [1.807, 2.05) is 24.3 Å². The van der Waals surface area contributed by atoms with Crippen LogP contribution < -0.4 is 0 Å². The maximum atomic E-state index is 12.1. The van der Waals surface area contributed by atoms with E-state index in [1.54, 1.807) is 11.3 Å². The molecule has 0 aliphatic carbocycles. The molecule has 0 saturated heterocycles. The third kappa shape index (κ3) is 3.56. The molecule has 0 fully saturated rings. The van der Waals surface area contributed by atoms with Crippen LogP contribution in [0.5, 0.6) is 0 Å². The van der Waals surface area contributed by atoms with Gasteiger partial charge in [0.05, 0.1) is 16.6 Å². The lowest BCUT2D eigenvalue weighted by molar-refractivity contribution is -0.118. The lowest BCUT2D eigenvalue weighted by atomic mass is 10.1. The summed E-state index contributed by atoms with van der Waals surface area (Å²) in [7, 11) is 0. The molecule has 1 aromatic heterocycles. The zero-order valence-electron chi connectivity index (χ0n) is 12.0. The van der Waals surface area contributed by atoms with Crippen molar-refractivity contribution in [2.24, 2.45) is 0 Å². The number of rotatable bonds is 5. The Hall–Kier alpha value is -2.00. The summed E-state index contributed by atoms with van der Waals surface area (Å²) >= 11 is 1.62. The molecule has 0 radical (unpaired) electrons. The molecule has 0 unspecified atom stereocenters. The van der Waals surface area contributed by atoms with Gasteiger partial charge in [0.25, 0.3) is 0 Å². The second-order valence-electron chi connectivity index (χ2n) is 5.28. The van der Waals surface area contributed by atoms with Crippen molar-refractivity contribution in [3.8, 4) is 0 Å². The quantitative estimate of drug-likeness (QED) is 0.700. The second kappa shape index (κ2) is 6.19. The van der Waals surface area contributed by atoms with Crippen LogP contribution in [0.2, 0.25) is 0 Å². The Bertz CT molecular complexity index is 725. The topological polar surface area (TPSA) is 30.0 Å². The smallest absolute Gasteiger partial charge is 0.140 e. The Morgan fingerprint density at radius 3 is 2.62 bits per heavy atom. The van der Waals surface area contributed by atoms with Gasteiger partial charge in [-0.3, -0.25) is 4.79 Å². The molecule has 0 aliphatic heterocycles. The number of carbonyl (C=O) groups is 1. The maximum Gasteiger partial charge on any atom is 0.140 e. The highest BCUT2D eigenvalue weighted by Gasteiger charge is 2.09. The van der Waals surface area contributed by atoms with E-state index in [4.69, 9.17) is 0 Å². The van der Waals surface area contributed by atoms with Gasteiger partial charge in [-0.05, 0) is 31.0 Å². The van der Waals surface area contributed by atoms with Crippen molar-refractivity contribution in [1.29, 1.82) is 0 Å². The number of thiazole rings is 1. The van der Waals surface area contributed by atoms with Gasteiger partial charge in [0.15, 0.2) is 0 Å². The summed E-state index contributed by atoms with van der Waals surface area (Å²) in [6.45, 7) is 2.07. The van der Waals surface area contributed by atoms with Gasteiger partial charge in [-0.25, -0.2) is 4.98 Å². The number of Topliss-reactive ketones (excluding diaryl/α,β-unsaturated/α-hetero) is 1. The van der Waals surface area contributed by atoms with E-state index >= 15 is 0 Å². The fourth-order valence-electron chi connectivity index (χ4n) is 2.29. The number of aromatic nitrogens is 1. The molecule has 2 nitrogen and oxygen atoms in total. The maximum absolute atomic E-state index is 12.1. The van der Waals surface area contributed by atoms with Crippen molar-refractivity contribution in [1.82, 2.24) is 4.98 Å². The van der Waals surface area contributed by atoms with E-state index in [1.165, 1.54) is 11.1 Å². The molecule has 21 heavy (non-hydrogen) atoms. The molecule has 3 aromatic rings. The third-order valence-electron chi connectivity index (χ3n) is 3.50. The van der Waals surface area contributed by atoms with E-state index in [9.17, 15) is 4.79 Å². The Labute approximate surface area is 128 Å². The Morgan fingerprint density at radius 2 is 1.86 bits per heavy atom. The van der Waals surface area contributed by atoms with Crippen molar-refractivity contribution in [2.75, 3.05) is 0 Å². The highest BCUT2D eigenvalue weighted by Crippen LogP contribution is 2.22. The van der Waals surface area contributed by atoms with Gasteiger partial charge in [-0.1, -0.05) is 42.0 Å². The molecule has 0 amide bonds. The fraction of sp³-hybridized carbons (Fsp3) is 0.222. The van der Waals surface area contributed by atoms with Crippen molar-refractivity contribution in [3.05, 3.63) is 64.7 Å². The molecule has 2 aromatic carbocycles. The van der Waals surface area contributed by atoms with E-state index in [0.29, 0.717) is 12.8 Å². The number of aryl methyl sites for hydroxylation is 2. The minimum Gasteiger partial charge on any atom is -0.299 e. The summed E-state index contributed by atoms with van der Waals surface area (Å²) in [5.41, 5.74) is 3.46. The Morgan fingerprint density at radius 1 is 1.10 bits per heavy atom. The molecular weight excluding hydrogens is 278 g/mol. The number of carbonyl (C=O) groups excluding carboxylic acids is 1. The van der Waals surface area contributed by atoms with Crippen LogP contribution in [-0.4, -0.2) is 10.8 Å². The van der Waals surface area contributed by atoms with Crippen molar-refractivity contribution >= 4 is 27.3 Å². The lowest BCUT2D eigenvalue weighted by Crippen LogP contribution is -2.04. The molecule has 0 aliphatic rings. The lowest BCUT2D eigenvalue weighted by Gasteiger charge is -2.01. The zero-order chi connectivity index (χ0) is 14.7. The molecule has 0 N–H and O–H groups in total. The Balaban J connectivity index is 1.59. The average molecular weight is 295 g/mol. The number of benzene rings is 2. The molecule has 106 valence electrons. The first kappa shape index (κ1) is 14.0. The fourth-order valence-corrected chi connectivity index (χ4v) is 3.29.